The molecule has 3 aromatic rings. The molecule has 47 heavy (non-hydrogen) atoms. The zero-order valence-corrected chi connectivity index (χ0v) is 30.9. The van der Waals surface area contributed by atoms with Crippen molar-refractivity contribution in [1.29, 1.82) is 0 Å². The second kappa shape index (κ2) is 18.4. The van der Waals surface area contributed by atoms with Crippen molar-refractivity contribution >= 4 is 23.8 Å². The van der Waals surface area contributed by atoms with Crippen molar-refractivity contribution in [3.8, 4) is 0 Å². The summed E-state index contributed by atoms with van der Waals surface area (Å²) in [4.78, 5) is 14.4. The van der Waals surface area contributed by atoms with Gasteiger partial charge in [-0.3, -0.25) is 9.98 Å². The van der Waals surface area contributed by atoms with Crippen LogP contribution in [0.5, 0.6) is 0 Å². The average Bonchev–Trinajstić information content (AvgIpc) is 3.79. The predicted octanol–water partition coefficient (Wildman–Crippen LogP) is 9.85. The van der Waals surface area contributed by atoms with Crippen LogP contribution in [0.2, 0.25) is 0 Å². The smallest absolute Gasteiger partial charge is 0.131 e. The lowest BCUT2D eigenvalue weighted by atomic mass is 9.93. The normalized spacial score (nSPS) is 13.9. The Morgan fingerprint density at radius 1 is 0.617 bits per heavy atom. The van der Waals surface area contributed by atoms with Crippen molar-refractivity contribution in [2.24, 2.45) is 9.98 Å². The van der Waals surface area contributed by atoms with Crippen LogP contribution in [0.3, 0.4) is 0 Å². The van der Waals surface area contributed by atoms with Crippen LogP contribution in [0.25, 0.3) is 12.2 Å². The van der Waals surface area contributed by atoms with Crippen molar-refractivity contribution in [3.63, 3.8) is 0 Å². The molecule has 5 rings (SSSR count). The van der Waals surface area contributed by atoms with E-state index >= 15 is 0 Å². The van der Waals surface area contributed by atoms with E-state index in [-0.39, 0.29) is 0 Å². The van der Waals surface area contributed by atoms with Crippen molar-refractivity contribution in [2.45, 2.75) is 100 Å². The first-order valence-electron chi connectivity index (χ1n) is 18.0. The lowest BCUT2D eigenvalue weighted by Crippen LogP contribution is -2.34. The van der Waals surface area contributed by atoms with E-state index in [0.29, 0.717) is 12.1 Å². The largest absolute Gasteiger partial charge is 0.352 e. The molecule has 0 unspecified atom stereocenters. The quantitative estimate of drug-likeness (QED) is 0.199. The molecule has 0 bridgehead atoms. The van der Waals surface area contributed by atoms with Crippen molar-refractivity contribution < 1.29 is 0 Å². The Kier molecular flexibility index (Phi) is 14.7. The molecule has 0 aromatic heterocycles. The molecule has 2 heterocycles. The standard InChI is InChI=1S/C39H48N4.2C2H6/c1-8-32-25-36(38-40-18-20-42(38)27(3)4)16-14-34(32)12-10-30-22-29(7)23-31(24-30)11-13-35-15-17-37(26-33(35)9-2)39-41-19-21-43(39)28(5)6;2*1-2/h8-9,14-17,22-28H,1-2,10-13,18-21H2,3-7H3;2*1-2H3. The minimum Gasteiger partial charge on any atom is -0.352 e. The van der Waals surface area contributed by atoms with E-state index in [1.807, 2.05) is 39.8 Å². The van der Waals surface area contributed by atoms with E-state index < -0.39 is 0 Å². The highest BCUT2D eigenvalue weighted by Crippen LogP contribution is 2.24. The molecular weight excluding hydrogens is 573 g/mol. The maximum atomic E-state index is 4.80. The minimum absolute atomic E-state index is 0.453. The Bertz CT molecular complexity index is 1430. The van der Waals surface area contributed by atoms with Gasteiger partial charge >= 0.3 is 0 Å². The van der Waals surface area contributed by atoms with Gasteiger partial charge in [-0.05, 0) is 106 Å². The summed E-state index contributed by atoms with van der Waals surface area (Å²) < 4.78 is 0. The molecule has 0 saturated carbocycles. The monoisotopic (exact) mass is 632 g/mol. The van der Waals surface area contributed by atoms with Gasteiger partial charge in [-0.25, -0.2) is 0 Å². The maximum absolute atomic E-state index is 4.80. The van der Waals surface area contributed by atoms with E-state index in [9.17, 15) is 0 Å². The van der Waals surface area contributed by atoms with E-state index in [1.54, 1.807) is 0 Å². The second-order valence-electron chi connectivity index (χ2n) is 12.5. The van der Waals surface area contributed by atoms with Crippen LogP contribution in [0, 0.1) is 6.92 Å². The summed E-state index contributed by atoms with van der Waals surface area (Å²) in [6.45, 7) is 31.2. The predicted molar refractivity (Wildman–Crippen MR) is 208 cm³/mol. The topological polar surface area (TPSA) is 31.2 Å². The van der Waals surface area contributed by atoms with Crippen molar-refractivity contribution in [1.82, 2.24) is 9.80 Å². The zero-order valence-electron chi connectivity index (χ0n) is 30.9. The number of hydrogen-bond acceptors (Lipinski definition) is 4. The highest BCUT2D eigenvalue weighted by molar-refractivity contribution is 6.01. The third kappa shape index (κ3) is 9.56. The van der Waals surface area contributed by atoms with E-state index in [4.69, 9.17) is 9.98 Å². The molecule has 4 heteroatoms. The Labute approximate surface area is 287 Å². The number of aryl methyl sites for hydroxylation is 5. The van der Waals surface area contributed by atoms with Gasteiger partial charge in [0, 0.05) is 36.3 Å². The van der Waals surface area contributed by atoms with Crippen LogP contribution in [0.4, 0.5) is 0 Å². The maximum Gasteiger partial charge on any atom is 0.131 e. The van der Waals surface area contributed by atoms with E-state index in [1.165, 1.54) is 50.1 Å². The number of aliphatic imine (C=N–C) groups is 2. The number of amidine groups is 2. The summed E-state index contributed by atoms with van der Waals surface area (Å²) in [6.07, 6.45) is 7.99. The Morgan fingerprint density at radius 2 is 1.02 bits per heavy atom. The first-order valence-corrected chi connectivity index (χ1v) is 18.0. The van der Waals surface area contributed by atoms with Crippen LogP contribution in [0.1, 0.15) is 105 Å². The highest BCUT2D eigenvalue weighted by atomic mass is 15.3. The summed E-state index contributed by atoms with van der Waals surface area (Å²) in [6, 6.07) is 21.6. The minimum atomic E-state index is 0.453. The first kappa shape index (κ1) is 37.5. The van der Waals surface area contributed by atoms with E-state index in [2.05, 4.69) is 112 Å². The first-order chi connectivity index (χ1) is 22.8. The molecule has 3 aromatic carbocycles. The summed E-state index contributed by atoms with van der Waals surface area (Å²) >= 11 is 0. The zero-order chi connectivity index (χ0) is 34.5. The highest BCUT2D eigenvalue weighted by Gasteiger charge is 2.22. The fourth-order valence-electron chi connectivity index (χ4n) is 6.54. The number of benzene rings is 3. The lowest BCUT2D eigenvalue weighted by Gasteiger charge is -2.25. The fourth-order valence-corrected chi connectivity index (χ4v) is 6.54. The lowest BCUT2D eigenvalue weighted by molar-refractivity contribution is 0.381. The summed E-state index contributed by atoms with van der Waals surface area (Å²) in [5.74, 6) is 2.24. The van der Waals surface area contributed by atoms with Crippen LogP contribution < -0.4 is 0 Å². The molecule has 0 saturated heterocycles. The second-order valence-corrected chi connectivity index (χ2v) is 12.5. The molecule has 0 spiro atoms. The Hall–Kier alpha value is -3.92. The molecule has 0 radical (unpaired) electrons. The number of nitrogens with zero attached hydrogens (tertiary/aromatic N) is 4. The molecular formula is C43H60N4. The van der Waals surface area contributed by atoms with Gasteiger partial charge in [-0.15, -0.1) is 0 Å². The van der Waals surface area contributed by atoms with Gasteiger partial charge in [-0.2, -0.15) is 0 Å². The Morgan fingerprint density at radius 3 is 1.38 bits per heavy atom. The molecule has 2 aliphatic rings. The van der Waals surface area contributed by atoms with Crippen LogP contribution in [-0.2, 0) is 25.7 Å². The van der Waals surface area contributed by atoms with Gasteiger partial charge in [-0.1, -0.05) is 101 Å². The Balaban J connectivity index is 0.00000144. The summed E-state index contributed by atoms with van der Waals surface area (Å²) in [5, 5.41) is 0. The number of rotatable bonds is 12. The molecule has 2 aliphatic heterocycles. The summed E-state index contributed by atoms with van der Waals surface area (Å²) in [7, 11) is 0. The molecule has 0 amide bonds. The molecule has 252 valence electrons. The van der Waals surface area contributed by atoms with Gasteiger partial charge in [0.15, 0.2) is 0 Å². The molecule has 0 atom stereocenters. The van der Waals surface area contributed by atoms with Crippen LogP contribution in [0.15, 0.2) is 77.7 Å². The van der Waals surface area contributed by atoms with Crippen LogP contribution >= 0.6 is 0 Å². The molecule has 4 nitrogen and oxygen atoms in total. The van der Waals surface area contributed by atoms with Gasteiger partial charge in [0.25, 0.3) is 0 Å². The van der Waals surface area contributed by atoms with Gasteiger partial charge < -0.3 is 9.80 Å². The van der Waals surface area contributed by atoms with Crippen molar-refractivity contribution in [2.75, 3.05) is 26.2 Å². The van der Waals surface area contributed by atoms with Gasteiger partial charge in [0.05, 0.1) is 13.1 Å². The average molecular weight is 633 g/mol. The third-order valence-corrected chi connectivity index (χ3v) is 8.81. The third-order valence-electron chi connectivity index (χ3n) is 8.81. The fraction of sp³-hybridized carbons (Fsp3) is 0.442. The molecule has 0 aliphatic carbocycles. The van der Waals surface area contributed by atoms with Crippen molar-refractivity contribution in [3.05, 3.63) is 118 Å². The number of hydrogen-bond donors (Lipinski definition) is 0. The van der Waals surface area contributed by atoms with Crippen LogP contribution in [-0.4, -0.2) is 59.7 Å². The van der Waals surface area contributed by atoms with E-state index in [0.717, 1.165) is 63.5 Å². The summed E-state index contributed by atoms with van der Waals surface area (Å²) in [5.41, 5.74) is 11.6. The van der Waals surface area contributed by atoms with Gasteiger partial charge in [0.2, 0.25) is 0 Å². The molecule has 0 fully saturated rings. The SMILES string of the molecule is C=Cc1cc(C2=NCCN2C(C)C)ccc1CCc1cc(C)cc(CCc2ccc(C3=NCCN3C(C)C)cc2C=C)c1.CC.CC. The van der Waals surface area contributed by atoms with Gasteiger partial charge in [0.1, 0.15) is 11.7 Å². The molecule has 0 N–H and O–H groups in total.